The molecule has 0 unspecified atom stereocenters. The molecule has 0 radical (unpaired) electrons. The van der Waals surface area contributed by atoms with Crippen molar-refractivity contribution in [1.82, 2.24) is 15.0 Å². The Morgan fingerprint density at radius 1 is 1.42 bits per heavy atom. The highest BCUT2D eigenvalue weighted by Crippen LogP contribution is 2.17. The summed E-state index contributed by atoms with van der Waals surface area (Å²) in [6.07, 6.45) is 1.36. The van der Waals surface area contributed by atoms with E-state index in [1.165, 1.54) is 19.2 Å². The molecule has 0 aliphatic carbocycles. The maximum absolute atomic E-state index is 12.0. The van der Waals surface area contributed by atoms with Gasteiger partial charge in [-0.1, -0.05) is 6.07 Å². The quantitative estimate of drug-likeness (QED) is 0.659. The van der Waals surface area contributed by atoms with Crippen molar-refractivity contribution in [1.29, 1.82) is 0 Å². The van der Waals surface area contributed by atoms with Crippen LogP contribution >= 0.6 is 0 Å². The number of hydrogen-bond acceptors (Lipinski definition) is 6. The van der Waals surface area contributed by atoms with E-state index in [9.17, 15) is 18.5 Å². The molecule has 0 aliphatic heterocycles. The molecule has 2 aromatic rings. The minimum atomic E-state index is -3.67. The number of imidazole rings is 1. The zero-order chi connectivity index (χ0) is 14.0. The molecule has 2 heterocycles. The standard InChI is InChI=1S/C10H10N4O4S/c1-7-10(14(15)16)13-8(12-7)6-19(17,18)9-4-2-3-5-11-9/h2-5H,6H2,1H3,(H,12,13). The van der Waals surface area contributed by atoms with E-state index < -0.39 is 20.5 Å². The van der Waals surface area contributed by atoms with Crippen LogP contribution in [-0.4, -0.2) is 28.3 Å². The van der Waals surface area contributed by atoms with Gasteiger partial charge in [-0.25, -0.2) is 23.4 Å². The van der Waals surface area contributed by atoms with Gasteiger partial charge in [-0.2, -0.15) is 0 Å². The second-order valence-corrected chi connectivity index (χ2v) is 5.74. The largest absolute Gasteiger partial charge is 0.358 e. The van der Waals surface area contributed by atoms with Crippen LogP contribution in [0.1, 0.15) is 11.5 Å². The number of rotatable bonds is 4. The maximum Gasteiger partial charge on any atom is 0.343 e. The molecule has 100 valence electrons. The number of nitrogens with one attached hydrogen (secondary N) is 1. The number of H-pyrrole nitrogens is 1. The lowest BCUT2D eigenvalue weighted by Gasteiger charge is -1.98. The molecular formula is C10H10N4O4S. The molecule has 0 amide bonds. The third kappa shape index (κ3) is 2.76. The first-order valence-electron chi connectivity index (χ1n) is 5.24. The number of aromatic amines is 1. The van der Waals surface area contributed by atoms with Crippen molar-refractivity contribution in [3.63, 3.8) is 0 Å². The molecule has 9 heteroatoms. The van der Waals surface area contributed by atoms with Crippen LogP contribution in [0.5, 0.6) is 0 Å². The maximum atomic E-state index is 12.0. The first-order valence-corrected chi connectivity index (χ1v) is 6.89. The summed E-state index contributed by atoms with van der Waals surface area (Å²) in [4.78, 5) is 20.0. The number of aromatic nitrogens is 3. The van der Waals surface area contributed by atoms with Gasteiger partial charge < -0.3 is 10.1 Å². The Morgan fingerprint density at radius 2 is 2.16 bits per heavy atom. The van der Waals surface area contributed by atoms with Gasteiger partial charge in [0.2, 0.25) is 15.7 Å². The van der Waals surface area contributed by atoms with Crippen LogP contribution in [0.25, 0.3) is 0 Å². The van der Waals surface area contributed by atoms with E-state index in [0.717, 1.165) is 0 Å². The molecule has 19 heavy (non-hydrogen) atoms. The topological polar surface area (TPSA) is 119 Å². The van der Waals surface area contributed by atoms with Gasteiger partial charge in [-0.05, 0) is 24.0 Å². The predicted octanol–water partition coefficient (Wildman–Crippen LogP) is 0.995. The van der Waals surface area contributed by atoms with Gasteiger partial charge >= 0.3 is 5.82 Å². The molecule has 8 nitrogen and oxygen atoms in total. The molecule has 0 aliphatic rings. The molecule has 0 aromatic carbocycles. The second kappa shape index (κ2) is 4.76. The van der Waals surface area contributed by atoms with E-state index in [1.54, 1.807) is 12.1 Å². The van der Waals surface area contributed by atoms with Crippen LogP contribution in [-0.2, 0) is 15.6 Å². The second-order valence-electron chi connectivity index (χ2n) is 3.80. The average Bonchev–Trinajstić information content (AvgIpc) is 2.71. The monoisotopic (exact) mass is 282 g/mol. The number of nitrogens with zero attached hydrogens (tertiary/aromatic N) is 3. The first kappa shape index (κ1) is 13.1. The molecule has 1 N–H and O–H groups in total. The Hall–Kier alpha value is -2.29. The number of aryl methyl sites for hydroxylation is 1. The van der Waals surface area contributed by atoms with Crippen LogP contribution < -0.4 is 0 Å². The van der Waals surface area contributed by atoms with E-state index in [1.807, 2.05) is 0 Å². The zero-order valence-corrected chi connectivity index (χ0v) is 10.7. The van der Waals surface area contributed by atoms with Crippen LogP contribution in [0.3, 0.4) is 0 Å². The molecule has 0 saturated heterocycles. The lowest BCUT2D eigenvalue weighted by Crippen LogP contribution is -2.08. The van der Waals surface area contributed by atoms with Gasteiger partial charge in [-0.15, -0.1) is 0 Å². The van der Waals surface area contributed by atoms with Crippen LogP contribution in [0.4, 0.5) is 5.82 Å². The van der Waals surface area contributed by atoms with Crippen LogP contribution in [0.15, 0.2) is 29.4 Å². The van der Waals surface area contributed by atoms with E-state index >= 15 is 0 Å². The minimum Gasteiger partial charge on any atom is -0.358 e. The highest BCUT2D eigenvalue weighted by molar-refractivity contribution is 7.90. The summed E-state index contributed by atoms with van der Waals surface area (Å²) in [5.41, 5.74) is 0.149. The molecule has 0 fully saturated rings. The molecular weight excluding hydrogens is 272 g/mol. The summed E-state index contributed by atoms with van der Waals surface area (Å²) in [5.74, 6) is -0.736. The van der Waals surface area contributed by atoms with E-state index in [2.05, 4.69) is 15.0 Å². The summed E-state index contributed by atoms with van der Waals surface area (Å²) in [6.45, 7) is 1.44. The summed E-state index contributed by atoms with van der Waals surface area (Å²) in [5, 5.41) is 10.6. The van der Waals surface area contributed by atoms with Crippen LogP contribution in [0, 0.1) is 17.0 Å². The Labute approximate surface area is 108 Å². The van der Waals surface area contributed by atoms with E-state index in [-0.39, 0.29) is 22.4 Å². The summed E-state index contributed by atoms with van der Waals surface area (Å²) in [6, 6.07) is 4.51. The zero-order valence-electron chi connectivity index (χ0n) is 9.90. The van der Waals surface area contributed by atoms with Gasteiger partial charge in [0.15, 0.2) is 5.03 Å². The molecule has 0 bridgehead atoms. The van der Waals surface area contributed by atoms with Gasteiger partial charge in [0.1, 0.15) is 11.4 Å². The fourth-order valence-electron chi connectivity index (χ4n) is 1.54. The van der Waals surface area contributed by atoms with Gasteiger partial charge in [0.25, 0.3) is 0 Å². The smallest absolute Gasteiger partial charge is 0.343 e. The third-order valence-electron chi connectivity index (χ3n) is 2.37. The first-order chi connectivity index (χ1) is 8.90. The molecule has 2 aromatic heterocycles. The molecule has 0 saturated carbocycles. The number of hydrogen-bond donors (Lipinski definition) is 1. The van der Waals surface area contributed by atoms with Crippen LogP contribution in [0.2, 0.25) is 0 Å². The molecule has 2 rings (SSSR count). The van der Waals surface area contributed by atoms with Crippen molar-refractivity contribution in [3.05, 3.63) is 46.0 Å². The summed E-state index contributed by atoms with van der Waals surface area (Å²) < 4.78 is 24.0. The van der Waals surface area contributed by atoms with Crippen molar-refractivity contribution in [3.8, 4) is 0 Å². The predicted molar refractivity (Wildman–Crippen MR) is 65.1 cm³/mol. The van der Waals surface area contributed by atoms with Gasteiger partial charge in [-0.3, -0.25) is 0 Å². The third-order valence-corrected chi connectivity index (χ3v) is 3.91. The Balaban J connectivity index is 2.31. The highest BCUT2D eigenvalue weighted by Gasteiger charge is 2.23. The van der Waals surface area contributed by atoms with Crippen molar-refractivity contribution in [2.24, 2.45) is 0 Å². The van der Waals surface area contributed by atoms with Crippen molar-refractivity contribution in [2.45, 2.75) is 17.7 Å². The number of nitro groups is 1. The van der Waals surface area contributed by atoms with Gasteiger partial charge in [0.05, 0.1) is 0 Å². The average molecular weight is 282 g/mol. The molecule has 0 atom stereocenters. The Bertz CT molecular complexity index is 708. The fraction of sp³-hybridized carbons (Fsp3) is 0.200. The fourth-order valence-corrected chi connectivity index (χ4v) is 2.69. The van der Waals surface area contributed by atoms with Gasteiger partial charge in [0, 0.05) is 6.20 Å². The Morgan fingerprint density at radius 3 is 2.68 bits per heavy atom. The summed E-state index contributed by atoms with van der Waals surface area (Å²) in [7, 11) is -3.67. The van der Waals surface area contributed by atoms with Crippen molar-refractivity contribution >= 4 is 15.7 Å². The summed E-state index contributed by atoms with van der Waals surface area (Å²) >= 11 is 0. The van der Waals surface area contributed by atoms with E-state index in [4.69, 9.17) is 0 Å². The van der Waals surface area contributed by atoms with E-state index in [0.29, 0.717) is 0 Å². The normalized spacial score (nSPS) is 11.4. The highest BCUT2D eigenvalue weighted by atomic mass is 32.2. The SMILES string of the molecule is Cc1nc(CS(=O)(=O)c2ccccn2)[nH]c1[N+](=O)[O-]. The van der Waals surface area contributed by atoms with Crippen molar-refractivity contribution in [2.75, 3.05) is 0 Å². The lowest BCUT2D eigenvalue weighted by molar-refractivity contribution is -0.389. The lowest BCUT2D eigenvalue weighted by atomic mass is 10.5. The minimum absolute atomic E-state index is 0.0230. The molecule has 0 spiro atoms. The Kier molecular flexibility index (Phi) is 3.30. The number of sulfone groups is 1. The number of pyridine rings is 1. The van der Waals surface area contributed by atoms with Crippen molar-refractivity contribution < 1.29 is 13.3 Å².